The predicted molar refractivity (Wildman–Crippen MR) is 99.0 cm³/mol. The van der Waals surface area contributed by atoms with Gasteiger partial charge in [-0.1, -0.05) is 24.3 Å². The number of nitrogens with zero attached hydrogens (tertiary/aromatic N) is 1. The van der Waals surface area contributed by atoms with Crippen LogP contribution in [0.25, 0.3) is 0 Å². The Bertz CT molecular complexity index is 654. The number of nitrogens with one attached hydrogen (secondary N) is 1. The summed E-state index contributed by atoms with van der Waals surface area (Å²) in [4.78, 5) is 25.9. The van der Waals surface area contributed by atoms with Crippen LogP contribution in [0, 0.1) is 5.92 Å². The van der Waals surface area contributed by atoms with Crippen molar-refractivity contribution in [3.8, 4) is 0 Å². The smallest absolute Gasteiger partial charge is 0.407 e. The third-order valence-electron chi connectivity index (χ3n) is 6.26. The summed E-state index contributed by atoms with van der Waals surface area (Å²) in [6.45, 7) is 1.69. The van der Waals surface area contributed by atoms with Gasteiger partial charge in [-0.3, -0.25) is 4.79 Å². The number of piperidine rings is 1. The van der Waals surface area contributed by atoms with Gasteiger partial charge in [-0.05, 0) is 61.5 Å². The van der Waals surface area contributed by atoms with E-state index in [0.717, 1.165) is 44.7 Å². The normalized spacial score (nSPS) is 26.1. The Labute approximate surface area is 155 Å². The molecule has 140 valence electrons. The minimum absolute atomic E-state index is 0.0616. The number of hydrogen-bond donors (Lipinski definition) is 1. The van der Waals surface area contributed by atoms with Crippen LogP contribution in [-0.2, 0) is 9.53 Å². The van der Waals surface area contributed by atoms with Gasteiger partial charge in [-0.2, -0.15) is 0 Å². The van der Waals surface area contributed by atoms with Gasteiger partial charge in [-0.15, -0.1) is 0 Å². The number of benzene rings is 1. The van der Waals surface area contributed by atoms with Gasteiger partial charge in [0.2, 0.25) is 5.91 Å². The molecule has 2 aliphatic carbocycles. The lowest BCUT2D eigenvalue weighted by molar-refractivity contribution is -0.140. The van der Waals surface area contributed by atoms with Crippen molar-refractivity contribution in [2.45, 2.75) is 56.4 Å². The van der Waals surface area contributed by atoms with E-state index in [1.807, 2.05) is 4.90 Å². The summed E-state index contributed by atoms with van der Waals surface area (Å²) in [5, 5.41) is 2.77. The Balaban J connectivity index is 1.23. The van der Waals surface area contributed by atoms with Crippen molar-refractivity contribution in [2.75, 3.05) is 20.2 Å². The van der Waals surface area contributed by atoms with Crippen LogP contribution in [0.2, 0.25) is 0 Å². The molecule has 1 heterocycles. The number of rotatable bonds is 4. The van der Waals surface area contributed by atoms with E-state index in [9.17, 15) is 9.59 Å². The highest BCUT2D eigenvalue weighted by atomic mass is 16.5. The largest absolute Gasteiger partial charge is 0.453 e. The summed E-state index contributed by atoms with van der Waals surface area (Å²) in [6, 6.07) is 9.27. The number of carbonyl (C=O) groups is 2. The van der Waals surface area contributed by atoms with E-state index in [1.54, 1.807) is 0 Å². The molecule has 26 heavy (non-hydrogen) atoms. The van der Waals surface area contributed by atoms with Crippen molar-refractivity contribution in [3.05, 3.63) is 35.4 Å². The zero-order chi connectivity index (χ0) is 18.1. The maximum atomic E-state index is 12.6. The monoisotopic (exact) mass is 356 g/mol. The molecule has 4 rings (SSSR count). The van der Waals surface area contributed by atoms with Gasteiger partial charge < -0.3 is 15.0 Å². The number of hydrogen-bond acceptors (Lipinski definition) is 3. The Morgan fingerprint density at radius 2 is 1.50 bits per heavy atom. The van der Waals surface area contributed by atoms with E-state index in [-0.39, 0.29) is 17.9 Å². The average Bonchev–Trinajstić information content (AvgIpc) is 3.49. The van der Waals surface area contributed by atoms with Crippen LogP contribution in [0.1, 0.15) is 61.5 Å². The molecule has 1 aromatic rings. The number of methoxy groups -OCH3 is 1. The fourth-order valence-corrected chi connectivity index (χ4v) is 4.31. The molecule has 3 aliphatic rings. The lowest BCUT2D eigenvalue weighted by Gasteiger charge is -2.40. The third-order valence-corrected chi connectivity index (χ3v) is 6.26. The summed E-state index contributed by atoms with van der Waals surface area (Å²) in [6.07, 6.45) is 5.84. The zero-order valence-electron chi connectivity index (χ0n) is 15.4. The minimum atomic E-state index is -0.408. The molecule has 5 nitrogen and oxygen atoms in total. The lowest BCUT2D eigenvalue weighted by Crippen LogP contribution is -2.51. The standard InChI is InChI=1S/C21H28N2O3/c1-26-21(25)22-19-12-18(13-19)20(24)23-10-8-17(9-11-23)16-6-4-15(5-7-16)14-2-3-14/h4-7,14,17-19H,2-3,8-13H2,1H3,(H,22,25). The predicted octanol–water partition coefficient (Wildman–Crippen LogP) is 3.40. The Morgan fingerprint density at radius 3 is 2.00 bits per heavy atom. The summed E-state index contributed by atoms with van der Waals surface area (Å²) in [5.41, 5.74) is 2.91. The molecule has 0 bridgehead atoms. The Kier molecular flexibility index (Phi) is 4.88. The SMILES string of the molecule is COC(=O)NC1CC(C(=O)N2CCC(c3ccc(C4CC4)cc3)CC2)C1. The molecule has 2 amide bonds. The maximum absolute atomic E-state index is 12.6. The second-order valence-corrected chi connectivity index (χ2v) is 8.04. The van der Waals surface area contributed by atoms with E-state index in [0.29, 0.717) is 5.92 Å². The van der Waals surface area contributed by atoms with Crippen LogP contribution in [-0.4, -0.2) is 43.1 Å². The molecular formula is C21H28N2O3. The molecule has 1 aromatic carbocycles. The van der Waals surface area contributed by atoms with Gasteiger partial charge in [0.15, 0.2) is 0 Å². The summed E-state index contributed by atoms with van der Waals surface area (Å²) >= 11 is 0. The van der Waals surface area contributed by atoms with Gasteiger partial charge in [0.1, 0.15) is 0 Å². The van der Waals surface area contributed by atoms with Crippen molar-refractivity contribution in [1.29, 1.82) is 0 Å². The highest BCUT2D eigenvalue weighted by Gasteiger charge is 2.38. The average molecular weight is 356 g/mol. The van der Waals surface area contributed by atoms with Gasteiger partial charge >= 0.3 is 6.09 Å². The molecule has 1 N–H and O–H groups in total. The molecule has 0 spiro atoms. The number of amides is 2. The molecule has 1 aliphatic heterocycles. The first-order valence-electron chi connectivity index (χ1n) is 9.87. The third kappa shape index (κ3) is 3.71. The fraction of sp³-hybridized carbons (Fsp3) is 0.619. The molecule has 2 saturated carbocycles. The lowest BCUT2D eigenvalue weighted by atomic mass is 9.78. The Hall–Kier alpha value is -2.04. The second kappa shape index (κ2) is 7.29. The fourth-order valence-electron chi connectivity index (χ4n) is 4.31. The van der Waals surface area contributed by atoms with Gasteiger partial charge in [-0.25, -0.2) is 4.79 Å². The first kappa shape index (κ1) is 17.4. The van der Waals surface area contributed by atoms with E-state index < -0.39 is 6.09 Å². The number of alkyl carbamates (subject to hydrolysis) is 1. The zero-order valence-corrected chi connectivity index (χ0v) is 15.4. The highest BCUT2D eigenvalue weighted by Crippen LogP contribution is 2.40. The van der Waals surface area contributed by atoms with Crippen LogP contribution in [0.4, 0.5) is 4.79 Å². The summed E-state index contributed by atoms with van der Waals surface area (Å²) in [7, 11) is 1.36. The molecular weight excluding hydrogens is 328 g/mol. The number of likely N-dealkylation sites (tertiary alicyclic amines) is 1. The van der Waals surface area contributed by atoms with Crippen molar-refractivity contribution in [1.82, 2.24) is 10.2 Å². The van der Waals surface area contributed by atoms with Crippen molar-refractivity contribution < 1.29 is 14.3 Å². The first-order valence-corrected chi connectivity index (χ1v) is 9.87. The molecule has 1 saturated heterocycles. The molecule has 0 unspecified atom stereocenters. The van der Waals surface area contributed by atoms with E-state index >= 15 is 0 Å². The van der Waals surface area contributed by atoms with Crippen LogP contribution in [0.15, 0.2) is 24.3 Å². The van der Waals surface area contributed by atoms with Crippen LogP contribution in [0.3, 0.4) is 0 Å². The summed E-state index contributed by atoms with van der Waals surface area (Å²) in [5.74, 6) is 1.70. The molecule has 0 atom stereocenters. The van der Waals surface area contributed by atoms with Crippen molar-refractivity contribution in [3.63, 3.8) is 0 Å². The van der Waals surface area contributed by atoms with Gasteiger partial charge in [0, 0.05) is 25.0 Å². The second-order valence-electron chi connectivity index (χ2n) is 8.04. The highest BCUT2D eigenvalue weighted by molar-refractivity contribution is 5.80. The molecule has 5 heteroatoms. The molecule has 3 fully saturated rings. The van der Waals surface area contributed by atoms with Gasteiger partial charge in [0.05, 0.1) is 7.11 Å². The Morgan fingerprint density at radius 1 is 0.962 bits per heavy atom. The number of carbonyl (C=O) groups excluding carboxylic acids is 2. The van der Waals surface area contributed by atoms with Crippen LogP contribution >= 0.6 is 0 Å². The summed E-state index contributed by atoms with van der Waals surface area (Å²) < 4.78 is 4.60. The van der Waals surface area contributed by atoms with Crippen LogP contribution < -0.4 is 5.32 Å². The van der Waals surface area contributed by atoms with E-state index in [4.69, 9.17) is 0 Å². The van der Waals surface area contributed by atoms with Crippen molar-refractivity contribution >= 4 is 12.0 Å². The topological polar surface area (TPSA) is 58.6 Å². The maximum Gasteiger partial charge on any atom is 0.407 e. The van der Waals surface area contributed by atoms with Crippen LogP contribution in [0.5, 0.6) is 0 Å². The first-order chi connectivity index (χ1) is 12.6. The number of ether oxygens (including phenoxy) is 1. The van der Waals surface area contributed by atoms with E-state index in [1.165, 1.54) is 31.1 Å². The quantitative estimate of drug-likeness (QED) is 0.899. The van der Waals surface area contributed by atoms with Gasteiger partial charge in [0.25, 0.3) is 0 Å². The van der Waals surface area contributed by atoms with Crippen molar-refractivity contribution in [2.24, 2.45) is 5.92 Å². The molecule has 0 radical (unpaired) electrons. The molecule has 0 aromatic heterocycles. The minimum Gasteiger partial charge on any atom is -0.453 e. The van der Waals surface area contributed by atoms with E-state index in [2.05, 4.69) is 34.3 Å².